The minimum atomic E-state index is -0.990. The third-order valence-electron chi connectivity index (χ3n) is 3.82. The van der Waals surface area contributed by atoms with E-state index >= 15 is 0 Å². The van der Waals surface area contributed by atoms with Crippen molar-refractivity contribution in [3.63, 3.8) is 0 Å². The Morgan fingerprint density at radius 2 is 2.06 bits per heavy atom. The Morgan fingerprint density at radius 1 is 1.39 bits per heavy atom. The fourth-order valence-corrected chi connectivity index (χ4v) is 2.46. The monoisotopic (exact) mass is 256 g/mol. The Balaban J connectivity index is 2.51. The lowest BCUT2D eigenvalue weighted by Crippen LogP contribution is -2.53. The van der Waals surface area contributed by atoms with Gasteiger partial charge >= 0.3 is 12.0 Å². The molecular formula is C13H24N2O3. The zero-order chi connectivity index (χ0) is 13.8. The number of hydrogen-bond acceptors (Lipinski definition) is 2. The molecule has 2 atom stereocenters. The first-order valence-electron chi connectivity index (χ1n) is 6.66. The summed E-state index contributed by atoms with van der Waals surface area (Å²) in [5.41, 5.74) is 0.0839. The maximum atomic E-state index is 11.8. The molecule has 0 aromatic carbocycles. The van der Waals surface area contributed by atoms with E-state index in [1.165, 1.54) is 6.42 Å². The quantitative estimate of drug-likeness (QED) is 0.721. The number of carboxylic acids is 1. The lowest BCUT2D eigenvalue weighted by molar-refractivity contribution is -0.139. The van der Waals surface area contributed by atoms with Crippen molar-refractivity contribution in [3.05, 3.63) is 0 Å². The van der Waals surface area contributed by atoms with Gasteiger partial charge in [0.25, 0.3) is 0 Å². The Bertz CT molecular complexity index is 315. The average Bonchev–Trinajstić information content (AvgIpc) is 2.28. The summed E-state index contributed by atoms with van der Waals surface area (Å²) < 4.78 is 0. The molecule has 1 fully saturated rings. The summed E-state index contributed by atoms with van der Waals surface area (Å²) in [7, 11) is 0. The molecule has 0 aliphatic heterocycles. The highest BCUT2D eigenvalue weighted by Crippen LogP contribution is 2.35. The fraction of sp³-hybridized carbons (Fsp3) is 0.846. The fourth-order valence-electron chi connectivity index (χ4n) is 2.46. The van der Waals surface area contributed by atoms with Crippen molar-refractivity contribution < 1.29 is 14.7 Å². The maximum Gasteiger partial charge on any atom is 0.326 e. The molecule has 0 bridgehead atoms. The molecule has 18 heavy (non-hydrogen) atoms. The van der Waals surface area contributed by atoms with Crippen LogP contribution in [0.15, 0.2) is 0 Å². The van der Waals surface area contributed by atoms with E-state index in [-0.39, 0.29) is 17.5 Å². The predicted octanol–water partition coefficient (Wildman–Crippen LogP) is 2.12. The third-order valence-corrected chi connectivity index (χ3v) is 3.82. The zero-order valence-electron chi connectivity index (χ0n) is 11.5. The van der Waals surface area contributed by atoms with Gasteiger partial charge in [0, 0.05) is 6.04 Å². The Morgan fingerprint density at radius 3 is 2.56 bits per heavy atom. The minimum absolute atomic E-state index is 0.0839. The van der Waals surface area contributed by atoms with E-state index in [0.717, 1.165) is 19.3 Å². The highest BCUT2D eigenvalue weighted by atomic mass is 16.4. The molecule has 5 heteroatoms. The third kappa shape index (κ3) is 3.89. The van der Waals surface area contributed by atoms with E-state index in [0.29, 0.717) is 6.42 Å². The van der Waals surface area contributed by atoms with Gasteiger partial charge in [-0.15, -0.1) is 0 Å². The van der Waals surface area contributed by atoms with Gasteiger partial charge in [-0.2, -0.15) is 0 Å². The van der Waals surface area contributed by atoms with Crippen LogP contribution in [0.4, 0.5) is 4.79 Å². The van der Waals surface area contributed by atoms with Crippen LogP contribution in [0.5, 0.6) is 0 Å². The number of carbonyl (C=O) groups is 2. The molecule has 0 aromatic heterocycles. The van der Waals surface area contributed by atoms with E-state index in [4.69, 9.17) is 5.11 Å². The van der Waals surface area contributed by atoms with E-state index < -0.39 is 12.0 Å². The van der Waals surface area contributed by atoms with E-state index in [2.05, 4.69) is 24.5 Å². The van der Waals surface area contributed by atoms with Gasteiger partial charge in [-0.3, -0.25) is 0 Å². The van der Waals surface area contributed by atoms with Gasteiger partial charge < -0.3 is 15.7 Å². The summed E-state index contributed by atoms with van der Waals surface area (Å²) >= 11 is 0. The second kappa shape index (κ2) is 6.07. The van der Waals surface area contributed by atoms with Crippen LogP contribution in [0.2, 0.25) is 0 Å². The van der Waals surface area contributed by atoms with Crippen LogP contribution in [0.1, 0.15) is 52.9 Å². The van der Waals surface area contributed by atoms with Gasteiger partial charge in [-0.25, -0.2) is 9.59 Å². The summed E-state index contributed by atoms with van der Waals surface area (Å²) in [6.07, 6.45) is 4.75. The zero-order valence-corrected chi connectivity index (χ0v) is 11.5. The normalized spacial score (nSPS) is 24.1. The van der Waals surface area contributed by atoms with E-state index in [1.54, 1.807) is 6.92 Å². The average molecular weight is 256 g/mol. The minimum Gasteiger partial charge on any atom is -0.480 e. The summed E-state index contributed by atoms with van der Waals surface area (Å²) in [6.45, 7) is 6.03. The lowest BCUT2D eigenvalue weighted by Gasteiger charge is -2.39. The summed E-state index contributed by atoms with van der Waals surface area (Å²) in [5.74, 6) is -0.990. The SMILES string of the molecule is CC[C@H](NC(=O)NC1CCCCC1(C)C)C(=O)O. The number of rotatable bonds is 4. The van der Waals surface area contributed by atoms with Gasteiger partial charge in [-0.05, 0) is 24.7 Å². The number of urea groups is 1. The number of amides is 2. The van der Waals surface area contributed by atoms with Crippen molar-refractivity contribution in [2.24, 2.45) is 5.41 Å². The van der Waals surface area contributed by atoms with Crippen molar-refractivity contribution in [2.45, 2.75) is 65.0 Å². The van der Waals surface area contributed by atoms with Gasteiger partial charge in [0.1, 0.15) is 6.04 Å². The summed E-state index contributed by atoms with van der Waals surface area (Å²) in [5, 5.41) is 14.3. The molecule has 1 saturated carbocycles. The molecule has 1 aliphatic carbocycles. The van der Waals surface area contributed by atoms with Crippen molar-refractivity contribution in [1.82, 2.24) is 10.6 Å². The van der Waals surface area contributed by atoms with E-state index in [1.807, 2.05) is 0 Å². The highest BCUT2D eigenvalue weighted by Gasteiger charge is 2.33. The van der Waals surface area contributed by atoms with Gasteiger partial charge in [0.05, 0.1) is 0 Å². The molecule has 5 nitrogen and oxygen atoms in total. The largest absolute Gasteiger partial charge is 0.480 e. The number of aliphatic carboxylic acids is 1. The van der Waals surface area contributed by atoms with Crippen LogP contribution >= 0.6 is 0 Å². The number of hydrogen-bond donors (Lipinski definition) is 3. The molecule has 2 amide bonds. The van der Waals surface area contributed by atoms with Gasteiger partial charge in [-0.1, -0.05) is 33.6 Å². The molecule has 3 N–H and O–H groups in total. The molecule has 0 aromatic rings. The first kappa shape index (κ1) is 14.8. The molecule has 1 unspecified atom stereocenters. The van der Waals surface area contributed by atoms with Crippen LogP contribution in [0.25, 0.3) is 0 Å². The van der Waals surface area contributed by atoms with Crippen molar-refractivity contribution >= 4 is 12.0 Å². The Kier molecular flexibility index (Phi) is 4.99. The topological polar surface area (TPSA) is 78.4 Å². The van der Waals surface area contributed by atoms with Crippen LogP contribution in [0, 0.1) is 5.41 Å². The smallest absolute Gasteiger partial charge is 0.326 e. The summed E-state index contributed by atoms with van der Waals surface area (Å²) in [4.78, 5) is 22.6. The van der Waals surface area contributed by atoms with Crippen LogP contribution < -0.4 is 10.6 Å². The molecule has 1 aliphatic rings. The maximum absolute atomic E-state index is 11.8. The van der Waals surface area contributed by atoms with Crippen LogP contribution in [-0.2, 0) is 4.79 Å². The van der Waals surface area contributed by atoms with Crippen LogP contribution in [-0.4, -0.2) is 29.2 Å². The number of nitrogens with one attached hydrogen (secondary N) is 2. The second-order valence-electron chi connectivity index (χ2n) is 5.70. The number of carbonyl (C=O) groups excluding carboxylic acids is 1. The van der Waals surface area contributed by atoms with Crippen LogP contribution in [0.3, 0.4) is 0 Å². The Labute approximate surface area is 108 Å². The molecule has 0 saturated heterocycles. The van der Waals surface area contributed by atoms with Crippen molar-refractivity contribution in [1.29, 1.82) is 0 Å². The first-order chi connectivity index (χ1) is 8.36. The van der Waals surface area contributed by atoms with E-state index in [9.17, 15) is 9.59 Å². The van der Waals surface area contributed by atoms with Crippen molar-refractivity contribution in [2.75, 3.05) is 0 Å². The molecular weight excluding hydrogens is 232 g/mol. The van der Waals surface area contributed by atoms with Gasteiger partial charge in [0.15, 0.2) is 0 Å². The lowest BCUT2D eigenvalue weighted by atomic mass is 9.73. The standard InChI is InChI=1S/C13H24N2O3/c1-4-9(11(16)17)14-12(18)15-10-7-5-6-8-13(10,2)3/h9-10H,4-8H2,1-3H3,(H,16,17)(H2,14,15,18)/t9-,10?/m0/s1. The summed E-state index contributed by atoms with van der Waals surface area (Å²) in [6, 6.07) is -1.06. The molecule has 0 spiro atoms. The Hall–Kier alpha value is -1.26. The molecule has 104 valence electrons. The second-order valence-corrected chi connectivity index (χ2v) is 5.70. The van der Waals surface area contributed by atoms with Gasteiger partial charge in [0.2, 0.25) is 0 Å². The van der Waals surface area contributed by atoms with Crippen molar-refractivity contribution in [3.8, 4) is 0 Å². The number of carboxylic acid groups (broad SMARTS) is 1. The molecule has 0 radical (unpaired) electrons. The highest BCUT2D eigenvalue weighted by molar-refractivity contribution is 5.82. The molecule has 1 rings (SSSR count). The molecule has 0 heterocycles. The predicted molar refractivity (Wildman–Crippen MR) is 69.4 cm³/mol. The first-order valence-corrected chi connectivity index (χ1v) is 6.66.